The minimum Gasteiger partial charge on any atom is -0.481 e. The highest BCUT2D eigenvalue weighted by molar-refractivity contribution is 5.87. The van der Waals surface area contributed by atoms with Gasteiger partial charge in [0.15, 0.2) is 0 Å². The molecule has 3 N–H and O–H groups in total. The van der Waals surface area contributed by atoms with Crippen molar-refractivity contribution in [2.75, 3.05) is 13.1 Å². The molecule has 2 heterocycles. The predicted molar refractivity (Wildman–Crippen MR) is 113 cm³/mol. The highest BCUT2D eigenvalue weighted by Gasteiger charge is 2.42. The maximum absolute atomic E-state index is 12.8. The van der Waals surface area contributed by atoms with Crippen LogP contribution in [0, 0.1) is 0 Å². The zero-order valence-corrected chi connectivity index (χ0v) is 17.7. The van der Waals surface area contributed by atoms with Crippen LogP contribution in [0.4, 0.5) is 0 Å². The lowest BCUT2D eigenvalue weighted by Gasteiger charge is -2.48. The summed E-state index contributed by atoms with van der Waals surface area (Å²) in [4.78, 5) is 59.9. The van der Waals surface area contributed by atoms with Crippen LogP contribution in [0.2, 0.25) is 0 Å². The van der Waals surface area contributed by atoms with Crippen LogP contribution < -0.4 is 10.6 Å². The number of amides is 3. The first-order valence-corrected chi connectivity index (χ1v) is 10.7. The topological polar surface area (TPSA) is 136 Å². The number of nitrogens with one attached hydrogen (secondary N) is 2. The van der Waals surface area contributed by atoms with Gasteiger partial charge in [-0.1, -0.05) is 30.3 Å². The first-order valence-electron chi connectivity index (χ1n) is 10.7. The summed E-state index contributed by atoms with van der Waals surface area (Å²) in [5, 5.41) is 17.4. The van der Waals surface area contributed by atoms with Gasteiger partial charge in [0.25, 0.3) is 0 Å². The number of carboxylic acids is 1. The zero-order valence-electron chi connectivity index (χ0n) is 17.7. The molecule has 3 atom stereocenters. The number of fused-ring (bicyclic) bond motifs is 1. The molecule has 2 fully saturated rings. The van der Waals surface area contributed by atoms with E-state index in [1.165, 1.54) is 5.01 Å². The summed E-state index contributed by atoms with van der Waals surface area (Å²) >= 11 is 0. The molecule has 0 saturated carbocycles. The summed E-state index contributed by atoms with van der Waals surface area (Å²) in [7, 11) is 0. The summed E-state index contributed by atoms with van der Waals surface area (Å²) < 4.78 is 0. The average molecular weight is 444 g/mol. The number of carbonyl (C=O) groups is 5. The Labute approximate surface area is 185 Å². The third-order valence-corrected chi connectivity index (χ3v) is 5.67. The SMILES string of the molecule is O=C[C@H](CC(=O)O)NC(=O)[C@@H]1CCCN2C(=O)C[C@@H](NC(=O)CCc3ccccc3)CN12. The Hall–Kier alpha value is -3.27. The number of rotatable bonds is 9. The van der Waals surface area contributed by atoms with E-state index in [4.69, 9.17) is 5.11 Å². The van der Waals surface area contributed by atoms with E-state index < -0.39 is 36.4 Å². The van der Waals surface area contributed by atoms with Gasteiger partial charge < -0.3 is 20.5 Å². The molecule has 0 aromatic heterocycles. The quantitative estimate of drug-likeness (QED) is 0.452. The Bertz CT molecular complexity index is 861. The normalized spacial score (nSPS) is 21.9. The molecule has 0 aliphatic carbocycles. The molecule has 0 unspecified atom stereocenters. The van der Waals surface area contributed by atoms with E-state index in [0.717, 1.165) is 5.56 Å². The lowest BCUT2D eigenvalue weighted by Crippen LogP contribution is -2.67. The molecule has 3 amide bonds. The summed E-state index contributed by atoms with van der Waals surface area (Å²) in [6.07, 6.45) is 1.98. The number of hydrogen-bond donors (Lipinski definition) is 3. The summed E-state index contributed by atoms with van der Waals surface area (Å²) in [6, 6.07) is 7.34. The number of aliphatic carboxylic acids is 1. The fraction of sp³-hybridized carbons (Fsp3) is 0.500. The van der Waals surface area contributed by atoms with Crippen LogP contribution in [0.3, 0.4) is 0 Å². The van der Waals surface area contributed by atoms with E-state index in [1.54, 1.807) is 5.01 Å². The third-order valence-electron chi connectivity index (χ3n) is 5.67. The van der Waals surface area contributed by atoms with E-state index in [-0.39, 0.29) is 24.8 Å². The first-order chi connectivity index (χ1) is 15.4. The molecule has 0 bridgehead atoms. The summed E-state index contributed by atoms with van der Waals surface area (Å²) in [5.41, 5.74) is 1.05. The molecule has 32 heavy (non-hydrogen) atoms. The number of benzene rings is 1. The first kappa shape index (κ1) is 23.4. The smallest absolute Gasteiger partial charge is 0.305 e. The maximum atomic E-state index is 12.8. The van der Waals surface area contributed by atoms with Crippen LogP contribution >= 0.6 is 0 Å². The van der Waals surface area contributed by atoms with E-state index in [1.807, 2.05) is 30.3 Å². The molecule has 2 aliphatic heterocycles. The van der Waals surface area contributed by atoms with Gasteiger partial charge in [-0.3, -0.25) is 24.2 Å². The van der Waals surface area contributed by atoms with Crippen LogP contribution in [0.25, 0.3) is 0 Å². The van der Waals surface area contributed by atoms with Crippen molar-refractivity contribution in [3.05, 3.63) is 35.9 Å². The molecule has 1 aromatic carbocycles. The molecule has 0 spiro atoms. The molecule has 10 heteroatoms. The number of hydrogen-bond acceptors (Lipinski definition) is 6. The van der Waals surface area contributed by atoms with Gasteiger partial charge >= 0.3 is 5.97 Å². The van der Waals surface area contributed by atoms with Crippen molar-refractivity contribution < 1.29 is 29.1 Å². The molecule has 10 nitrogen and oxygen atoms in total. The van der Waals surface area contributed by atoms with E-state index in [0.29, 0.717) is 38.5 Å². The number of carboxylic acid groups (broad SMARTS) is 1. The third kappa shape index (κ3) is 6.13. The van der Waals surface area contributed by atoms with Crippen molar-refractivity contribution >= 4 is 30.0 Å². The molecule has 172 valence electrons. The second-order valence-electron chi connectivity index (χ2n) is 8.10. The van der Waals surface area contributed by atoms with Crippen LogP contribution in [0.1, 0.15) is 37.7 Å². The lowest BCUT2D eigenvalue weighted by atomic mass is 10.0. The second kappa shape index (κ2) is 10.9. The molecular weight excluding hydrogens is 416 g/mol. The van der Waals surface area contributed by atoms with E-state index in [2.05, 4.69) is 10.6 Å². The standard InChI is InChI=1S/C22H28N4O6/c27-14-17(12-21(30)31)24-22(32)18-7-4-10-25-20(29)11-16(13-26(18)25)23-19(28)9-8-15-5-2-1-3-6-15/h1-3,5-6,14,16-18H,4,7-13H2,(H,23,28)(H,24,32)(H,30,31)/t16-,17+,18+/m1/s1. The number of hydrazine groups is 1. The second-order valence-corrected chi connectivity index (χ2v) is 8.10. The van der Waals surface area contributed by atoms with Crippen LogP contribution in [0.15, 0.2) is 30.3 Å². The van der Waals surface area contributed by atoms with Crippen molar-refractivity contribution in [1.29, 1.82) is 0 Å². The van der Waals surface area contributed by atoms with Crippen molar-refractivity contribution in [2.45, 2.75) is 56.7 Å². The lowest BCUT2D eigenvalue weighted by molar-refractivity contribution is -0.174. The molecule has 1 aromatic rings. The zero-order chi connectivity index (χ0) is 23.1. The number of aryl methyl sites for hydroxylation is 1. The van der Waals surface area contributed by atoms with Crippen LogP contribution in [0.5, 0.6) is 0 Å². The van der Waals surface area contributed by atoms with Gasteiger partial charge in [-0.05, 0) is 24.8 Å². The fourth-order valence-corrected chi connectivity index (χ4v) is 4.15. The Balaban J connectivity index is 1.60. The Kier molecular flexibility index (Phi) is 7.93. The summed E-state index contributed by atoms with van der Waals surface area (Å²) in [6.45, 7) is 0.759. The van der Waals surface area contributed by atoms with Gasteiger partial charge in [-0.25, -0.2) is 5.01 Å². The van der Waals surface area contributed by atoms with Crippen molar-refractivity contribution in [2.24, 2.45) is 0 Å². The highest BCUT2D eigenvalue weighted by atomic mass is 16.4. The minimum atomic E-state index is -1.20. The van der Waals surface area contributed by atoms with Gasteiger partial charge in [0.2, 0.25) is 17.7 Å². The molecule has 3 rings (SSSR count). The Morgan fingerprint density at radius 2 is 1.97 bits per heavy atom. The minimum absolute atomic E-state index is 0.151. The average Bonchev–Trinajstić information content (AvgIpc) is 2.77. The Morgan fingerprint density at radius 3 is 2.66 bits per heavy atom. The fourth-order valence-electron chi connectivity index (χ4n) is 4.15. The van der Waals surface area contributed by atoms with Crippen LogP contribution in [-0.4, -0.2) is 76.3 Å². The van der Waals surface area contributed by atoms with E-state index >= 15 is 0 Å². The number of carbonyl (C=O) groups excluding carboxylic acids is 4. The van der Waals surface area contributed by atoms with Gasteiger partial charge in [0.05, 0.1) is 18.5 Å². The maximum Gasteiger partial charge on any atom is 0.305 e. The largest absolute Gasteiger partial charge is 0.481 e. The van der Waals surface area contributed by atoms with Crippen molar-refractivity contribution in [3.8, 4) is 0 Å². The Morgan fingerprint density at radius 1 is 1.22 bits per heavy atom. The van der Waals surface area contributed by atoms with Gasteiger partial charge in [-0.2, -0.15) is 0 Å². The van der Waals surface area contributed by atoms with Gasteiger partial charge in [0.1, 0.15) is 12.3 Å². The predicted octanol–water partition coefficient (Wildman–Crippen LogP) is -0.126. The van der Waals surface area contributed by atoms with Crippen molar-refractivity contribution in [3.63, 3.8) is 0 Å². The van der Waals surface area contributed by atoms with Crippen molar-refractivity contribution in [1.82, 2.24) is 20.7 Å². The molecule has 0 radical (unpaired) electrons. The van der Waals surface area contributed by atoms with Crippen LogP contribution in [-0.2, 0) is 30.4 Å². The molecule has 2 saturated heterocycles. The van der Waals surface area contributed by atoms with Gasteiger partial charge in [0, 0.05) is 25.9 Å². The highest BCUT2D eigenvalue weighted by Crippen LogP contribution is 2.24. The summed E-state index contributed by atoms with van der Waals surface area (Å²) in [5.74, 6) is -2.05. The number of aldehydes is 1. The molecule has 2 aliphatic rings. The molecular formula is C22H28N4O6. The number of nitrogens with zero attached hydrogens (tertiary/aromatic N) is 2. The van der Waals surface area contributed by atoms with E-state index in [9.17, 15) is 24.0 Å². The monoisotopic (exact) mass is 444 g/mol. The van der Waals surface area contributed by atoms with Gasteiger partial charge in [-0.15, -0.1) is 0 Å².